The van der Waals surface area contributed by atoms with Crippen molar-refractivity contribution in [3.63, 3.8) is 0 Å². The highest BCUT2D eigenvalue weighted by atomic mass is 35.5. The first-order valence-electron chi connectivity index (χ1n) is 6.48. The zero-order valence-electron chi connectivity index (χ0n) is 11.9. The van der Waals surface area contributed by atoms with Crippen molar-refractivity contribution in [1.29, 1.82) is 0 Å². The largest absolute Gasteiger partial charge is 0.496 e. The minimum Gasteiger partial charge on any atom is -0.496 e. The van der Waals surface area contributed by atoms with E-state index in [9.17, 15) is 4.79 Å². The van der Waals surface area contributed by atoms with Gasteiger partial charge in [0.2, 0.25) is 0 Å². The van der Waals surface area contributed by atoms with Crippen molar-refractivity contribution in [2.45, 2.75) is 19.3 Å². The molecule has 1 heterocycles. The highest BCUT2D eigenvalue weighted by molar-refractivity contribution is 6.17. The molecule has 0 saturated heterocycles. The first-order chi connectivity index (χ1) is 10.2. The second-order valence-corrected chi connectivity index (χ2v) is 4.48. The van der Waals surface area contributed by atoms with Crippen LogP contribution < -0.4 is 4.74 Å². The molecule has 0 unspecified atom stereocenters. The number of nitrogens with zero attached hydrogens (tertiary/aromatic N) is 3. The minimum absolute atomic E-state index is 0.121. The minimum atomic E-state index is -0.514. The normalized spacial score (nSPS) is 10.4. The monoisotopic (exact) mass is 309 g/mol. The molecule has 0 spiro atoms. The molecule has 0 atom stereocenters. The molecule has 2 rings (SSSR count). The fourth-order valence-corrected chi connectivity index (χ4v) is 2.21. The van der Waals surface area contributed by atoms with Gasteiger partial charge in [0.15, 0.2) is 5.69 Å². The van der Waals surface area contributed by atoms with Gasteiger partial charge < -0.3 is 9.47 Å². The molecular formula is C14H16ClN3O3. The van der Waals surface area contributed by atoms with Crippen LogP contribution >= 0.6 is 11.6 Å². The molecule has 0 N–H and O–H groups in total. The Balaban J connectivity index is 2.30. The summed E-state index contributed by atoms with van der Waals surface area (Å²) in [4.78, 5) is 11.8. The maximum Gasteiger partial charge on any atom is 0.360 e. The Hall–Kier alpha value is -2.08. The molecular weight excluding hydrogens is 294 g/mol. The molecule has 0 amide bonds. The Morgan fingerprint density at radius 2 is 2.14 bits per heavy atom. The molecule has 0 bridgehead atoms. The molecule has 2 aromatic rings. The van der Waals surface area contributed by atoms with Crippen molar-refractivity contribution >= 4 is 17.6 Å². The maximum absolute atomic E-state index is 11.8. The van der Waals surface area contributed by atoms with Crippen molar-refractivity contribution in [2.75, 3.05) is 13.7 Å². The average Bonchev–Trinajstić information content (AvgIpc) is 2.91. The van der Waals surface area contributed by atoms with E-state index in [1.165, 1.54) is 0 Å². The highest BCUT2D eigenvalue weighted by Crippen LogP contribution is 2.20. The van der Waals surface area contributed by atoms with Gasteiger partial charge in [0.05, 0.1) is 31.8 Å². The number of benzene rings is 1. The van der Waals surface area contributed by atoms with Crippen molar-refractivity contribution < 1.29 is 14.3 Å². The number of carbonyl (C=O) groups excluding carboxylic acids is 1. The van der Waals surface area contributed by atoms with Crippen LogP contribution in [-0.4, -0.2) is 34.7 Å². The summed E-state index contributed by atoms with van der Waals surface area (Å²) in [7, 11) is 1.60. The number of para-hydroxylation sites is 1. The van der Waals surface area contributed by atoms with E-state index < -0.39 is 5.97 Å². The molecule has 1 aromatic heterocycles. The quantitative estimate of drug-likeness (QED) is 0.605. The second-order valence-electron chi connectivity index (χ2n) is 4.21. The Kier molecular flexibility index (Phi) is 5.16. The fraction of sp³-hybridized carbons (Fsp3) is 0.357. The van der Waals surface area contributed by atoms with Gasteiger partial charge in [-0.1, -0.05) is 23.4 Å². The van der Waals surface area contributed by atoms with Gasteiger partial charge in [0.25, 0.3) is 0 Å². The predicted octanol–water partition coefficient (Wildman–Crippen LogP) is 2.25. The highest BCUT2D eigenvalue weighted by Gasteiger charge is 2.20. The molecule has 0 fully saturated rings. The molecule has 0 saturated carbocycles. The lowest BCUT2D eigenvalue weighted by molar-refractivity contribution is 0.0518. The number of ether oxygens (including phenoxy) is 2. The zero-order valence-corrected chi connectivity index (χ0v) is 12.6. The topological polar surface area (TPSA) is 66.2 Å². The summed E-state index contributed by atoms with van der Waals surface area (Å²) in [6.07, 6.45) is 0. The molecule has 0 aliphatic carbocycles. The Morgan fingerprint density at radius 1 is 1.38 bits per heavy atom. The van der Waals surface area contributed by atoms with Gasteiger partial charge in [-0.3, -0.25) is 0 Å². The van der Waals surface area contributed by atoms with E-state index in [0.717, 1.165) is 11.3 Å². The molecule has 0 aliphatic heterocycles. The number of halogens is 1. The maximum atomic E-state index is 11.8. The third-order valence-corrected chi connectivity index (χ3v) is 3.20. The SMILES string of the molecule is CCOC(=O)c1nnn(Cc2ccccc2OC)c1CCl. The van der Waals surface area contributed by atoms with E-state index >= 15 is 0 Å². The summed E-state index contributed by atoms with van der Waals surface area (Å²) in [5, 5.41) is 7.86. The molecule has 6 nitrogen and oxygen atoms in total. The average molecular weight is 310 g/mol. The summed E-state index contributed by atoms with van der Waals surface area (Å²) in [5.74, 6) is 0.349. The number of hydrogen-bond acceptors (Lipinski definition) is 5. The summed E-state index contributed by atoms with van der Waals surface area (Å²) in [6, 6.07) is 7.57. The summed E-state index contributed by atoms with van der Waals surface area (Å²) < 4.78 is 11.8. The van der Waals surface area contributed by atoms with Crippen molar-refractivity contribution in [2.24, 2.45) is 0 Å². The van der Waals surface area contributed by atoms with E-state index in [-0.39, 0.29) is 18.2 Å². The van der Waals surface area contributed by atoms with Crippen LogP contribution in [0, 0.1) is 0 Å². The first-order valence-corrected chi connectivity index (χ1v) is 7.02. The van der Waals surface area contributed by atoms with Gasteiger partial charge in [0, 0.05) is 5.56 Å². The van der Waals surface area contributed by atoms with Crippen LogP contribution in [0.3, 0.4) is 0 Å². The number of rotatable bonds is 6. The summed E-state index contributed by atoms with van der Waals surface area (Å²) in [6.45, 7) is 2.43. The molecule has 7 heteroatoms. The van der Waals surface area contributed by atoms with Crippen molar-refractivity contribution in [3.8, 4) is 5.75 Å². The van der Waals surface area contributed by atoms with Crippen LogP contribution in [0.5, 0.6) is 5.75 Å². The lowest BCUT2D eigenvalue weighted by Crippen LogP contribution is -2.11. The number of alkyl halides is 1. The van der Waals surface area contributed by atoms with E-state index in [1.807, 2.05) is 24.3 Å². The molecule has 21 heavy (non-hydrogen) atoms. The number of hydrogen-bond donors (Lipinski definition) is 0. The van der Waals surface area contributed by atoms with Crippen molar-refractivity contribution in [1.82, 2.24) is 15.0 Å². The third kappa shape index (κ3) is 3.33. The fourth-order valence-electron chi connectivity index (χ4n) is 1.95. The Bertz CT molecular complexity index is 628. The van der Waals surface area contributed by atoms with Gasteiger partial charge in [-0.05, 0) is 13.0 Å². The summed E-state index contributed by atoms with van der Waals surface area (Å²) >= 11 is 5.92. The number of methoxy groups -OCH3 is 1. The van der Waals surface area contributed by atoms with Crippen LogP contribution in [-0.2, 0) is 17.2 Å². The Labute approximate surface area is 127 Å². The van der Waals surface area contributed by atoms with E-state index in [1.54, 1.807) is 18.7 Å². The van der Waals surface area contributed by atoms with Gasteiger partial charge in [-0.25, -0.2) is 9.48 Å². The lowest BCUT2D eigenvalue weighted by Gasteiger charge is -2.09. The lowest BCUT2D eigenvalue weighted by atomic mass is 10.2. The van der Waals surface area contributed by atoms with Gasteiger partial charge >= 0.3 is 5.97 Å². The molecule has 0 aliphatic rings. The van der Waals surface area contributed by atoms with Crippen LogP contribution in [0.1, 0.15) is 28.7 Å². The molecule has 0 radical (unpaired) electrons. The number of esters is 1. The first kappa shape index (κ1) is 15.3. The van der Waals surface area contributed by atoms with Gasteiger partial charge in [-0.2, -0.15) is 0 Å². The van der Waals surface area contributed by atoms with Crippen LogP contribution in [0.25, 0.3) is 0 Å². The van der Waals surface area contributed by atoms with Gasteiger partial charge in [0.1, 0.15) is 5.75 Å². The van der Waals surface area contributed by atoms with Gasteiger partial charge in [-0.15, -0.1) is 16.7 Å². The standard InChI is InChI=1S/C14H16ClN3O3/c1-3-21-14(19)13-11(8-15)18(17-16-13)9-10-6-4-5-7-12(10)20-2/h4-7H,3,8-9H2,1-2H3. The summed E-state index contributed by atoms with van der Waals surface area (Å²) in [5.41, 5.74) is 1.61. The third-order valence-electron chi connectivity index (χ3n) is 2.95. The van der Waals surface area contributed by atoms with Crippen LogP contribution in [0.15, 0.2) is 24.3 Å². The van der Waals surface area contributed by atoms with Crippen LogP contribution in [0.2, 0.25) is 0 Å². The number of carbonyl (C=O) groups is 1. The zero-order chi connectivity index (χ0) is 15.2. The van der Waals surface area contributed by atoms with Crippen LogP contribution in [0.4, 0.5) is 0 Å². The Morgan fingerprint density at radius 3 is 2.81 bits per heavy atom. The number of aromatic nitrogens is 3. The van der Waals surface area contributed by atoms with E-state index in [4.69, 9.17) is 21.1 Å². The smallest absolute Gasteiger partial charge is 0.360 e. The second kappa shape index (κ2) is 7.08. The molecule has 112 valence electrons. The predicted molar refractivity (Wildman–Crippen MR) is 77.6 cm³/mol. The van der Waals surface area contributed by atoms with E-state index in [2.05, 4.69) is 10.3 Å². The van der Waals surface area contributed by atoms with Crippen molar-refractivity contribution in [3.05, 3.63) is 41.2 Å². The van der Waals surface area contributed by atoms with E-state index in [0.29, 0.717) is 12.2 Å². The molecule has 1 aromatic carbocycles.